The van der Waals surface area contributed by atoms with E-state index >= 15 is 0 Å². The van der Waals surface area contributed by atoms with Crippen molar-refractivity contribution >= 4 is 45.0 Å². The fourth-order valence-corrected chi connectivity index (χ4v) is 5.96. The number of nitrogens with one attached hydrogen (secondary N) is 1. The molecule has 204 valence electrons. The number of ether oxygens (including phenoxy) is 3. The van der Waals surface area contributed by atoms with Gasteiger partial charge in [-0.25, -0.2) is 12.8 Å². The third-order valence-electron chi connectivity index (χ3n) is 5.42. The van der Waals surface area contributed by atoms with E-state index in [0.717, 1.165) is 4.31 Å². The molecule has 0 aliphatic carbocycles. The number of carbonyl (C=O) groups excluding carboxylic acids is 1. The lowest BCUT2D eigenvalue weighted by Crippen LogP contribution is -2.41. The third-order valence-corrected chi connectivity index (χ3v) is 8.42. The van der Waals surface area contributed by atoms with Crippen molar-refractivity contribution in [3.63, 3.8) is 0 Å². The molecule has 3 aromatic rings. The van der Waals surface area contributed by atoms with Crippen molar-refractivity contribution in [1.82, 2.24) is 5.32 Å². The summed E-state index contributed by atoms with van der Waals surface area (Å²) in [6, 6.07) is 15.1. The standard InChI is InChI=1S/C26H28ClFN2O6S2/c1-34-23-10-8-19(27)14-22(23)30(38(32,33)20-9-11-24(35-2)25(15-20)36-3)16-26(31)29-12-13-37-17-18-6-4-5-7-21(18)28/h4-11,14-15H,12-13,16-17H2,1-3H3,(H,29,31). The predicted octanol–water partition coefficient (Wildman–Crippen LogP) is 4.75. The summed E-state index contributed by atoms with van der Waals surface area (Å²) >= 11 is 7.62. The van der Waals surface area contributed by atoms with Crippen LogP contribution >= 0.6 is 23.4 Å². The Hall–Kier alpha value is -3.15. The minimum atomic E-state index is -4.28. The second kappa shape index (κ2) is 13.6. The molecular formula is C26H28ClFN2O6S2. The molecule has 0 atom stereocenters. The summed E-state index contributed by atoms with van der Waals surface area (Å²) in [5.74, 6) is 0.905. The highest BCUT2D eigenvalue weighted by Crippen LogP contribution is 2.37. The van der Waals surface area contributed by atoms with Crippen molar-refractivity contribution in [2.24, 2.45) is 0 Å². The van der Waals surface area contributed by atoms with Crippen molar-refractivity contribution in [3.8, 4) is 17.2 Å². The topological polar surface area (TPSA) is 94.2 Å². The number of amides is 1. The van der Waals surface area contributed by atoms with E-state index in [4.69, 9.17) is 25.8 Å². The van der Waals surface area contributed by atoms with Gasteiger partial charge in [0.15, 0.2) is 11.5 Å². The van der Waals surface area contributed by atoms with E-state index < -0.39 is 22.5 Å². The first kappa shape index (κ1) is 29.4. The number of hydrogen-bond donors (Lipinski definition) is 1. The molecule has 0 fully saturated rings. The van der Waals surface area contributed by atoms with Crippen LogP contribution in [0, 0.1) is 5.82 Å². The lowest BCUT2D eigenvalue weighted by molar-refractivity contribution is -0.119. The number of anilines is 1. The molecule has 0 heterocycles. The Labute approximate surface area is 231 Å². The minimum absolute atomic E-state index is 0.0962. The Morgan fingerprint density at radius 3 is 2.34 bits per heavy atom. The van der Waals surface area contributed by atoms with Crippen LogP contribution in [0.5, 0.6) is 17.2 Å². The average molecular weight is 583 g/mol. The molecule has 0 bridgehead atoms. The molecule has 8 nitrogen and oxygen atoms in total. The van der Waals surface area contributed by atoms with Crippen LogP contribution in [-0.2, 0) is 20.6 Å². The van der Waals surface area contributed by atoms with Gasteiger partial charge < -0.3 is 19.5 Å². The maximum absolute atomic E-state index is 13.8. The molecule has 0 aliphatic heterocycles. The van der Waals surface area contributed by atoms with Gasteiger partial charge in [-0.15, -0.1) is 0 Å². The van der Waals surface area contributed by atoms with Gasteiger partial charge in [-0.05, 0) is 42.0 Å². The zero-order valence-corrected chi connectivity index (χ0v) is 23.5. The van der Waals surface area contributed by atoms with Crippen LogP contribution in [-0.4, -0.2) is 54.5 Å². The van der Waals surface area contributed by atoms with Crippen LogP contribution in [0.25, 0.3) is 0 Å². The second-order valence-electron chi connectivity index (χ2n) is 7.84. The fraction of sp³-hybridized carbons (Fsp3) is 0.269. The highest BCUT2D eigenvalue weighted by atomic mass is 35.5. The molecule has 3 aromatic carbocycles. The zero-order valence-electron chi connectivity index (χ0n) is 21.1. The molecule has 0 unspecified atom stereocenters. The molecule has 12 heteroatoms. The quantitative estimate of drug-likeness (QED) is 0.291. The van der Waals surface area contributed by atoms with E-state index in [9.17, 15) is 17.6 Å². The Bertz CT molecular complexity index is 1370. The van der Waals surface area contributed by atoms with Gasteiger partial charge in [-0.1, -0.05) is 29.8 Å². The van der Waals surface area contributed by atoms with Crippen molar-refractivity contribution < 1.29 is 31.8 Å². The maximum Gasteiger partial charge on any atom is 0.265 e. The highest BCUT2D eigenvalue weighted by Gasteiger charge is 2.30. The van der Waals surface area contributed by atoms with E-state index in [0.29, 0.717) is 22.8 Å². The van der Waals surface area contributed by atoms with E-state index in [1.165, 1.54) is 69.5 Å². The smallest absolute Gasteiger partial charge is 0.265 e. The van der Waals surface area contributed by atoms with Crippen LogP contribution in [0.1, 0.15) is 5.56 Å². The van der Waals surface area contributed by atoms with Crippen molar-refractivity contribution in [3.05, 3.63) is 77.1 Å². The van der Waals surface area contributed by atoms with Gasteiger partial charge in [0.2, 0.25) is 5.91 Å². The first-order valence-corrected chi connectivity index (χ1v) is 14.3. The summed E-state index contributed by atoms with van der Waals surface area (Å²) < 4.78 is 58.1. The number of benzene rings is 3. The van der Waals surface area contributed by atoms with E-state index in [-0.39, 0.29) is 39.5 Å². The molecule has 0 aliphatic rings. The number of sulfonamides is 1. The summed E-state index contributed by atoms with van der Waals surface area (Å²) in [6.07, 6.45) is 0. The number of methoxy groups -OCH3 is 3. The molecule has 0 aromatic heterocycles. The van der Waals surface area contributed by atoms with Gasteiger partial charge in [0.25, 0.3) is 10.0 Å². The van der Waals surface area contributed by atoms with E-state index in [1.54, 1.807) is 24.3 Å². The maximum atomic E-state index is 13.8. The summed E-state index contributed by atoms with van der Waals surface area (Å²) in [4.78, 5) is 12.8. The number of nitrogens with zero attached hydrogens (tertiary/aromatic N) is 1. The second-order valence-corrected chi connectivity index (χ2v) is 11.2. The normalized spacial score (nSPS) is 11.1. The van der Waals surface area contributed by atoms with Crippen LogP contribution in [0.3, 0.4) is 0 Å². The number of halogens is 2. The fourth-order valence-electron chi connectivity index (χ4n) is 3.51. The summed E-state index contributed by atoms with van der Waals surface area (Å²) in [6.45, 7) is -0.278. The van der Waals surface area contributed by atoms with Gasteiger partial charge in [-0.3, -0.25) is 9.10 Å². The summed E-state index contributed by atoms with van der Waals surface area (Å²) in [5.41, 5.74) is 0.669. The Kier molecular flexibility index (Phi) is 10.5. The van der Waals surface area contributed by atoms with Crippen LogP contribution < -0.4 is 23.8 Å². The first-order valence-electron chi connectivity index (χ1n) is 11.4. The van der Waals surface area contributed by atoms with Crippen molar-refractivity contribution in [2.75, 3.05) is 44.5 Å². The molecule has 38 heavy (non-hydrogen) atoms. The van der Waals surface area contributed by atoms with Crippen LogP contribution in [0.4, 0.5) is 10.1 Å². The Morgan fingerprint density at radius 2 is 1.66 bits per heavy atom. The molecule has 1 N–H and O–H groups in total. The van der Waals surface area contributed by atoms with Gasteiger partial charge in [-0.2, -0.15) is 11.8 Å². The third kappa shape index (κ3) is 7.24. The monoisotopic (exact) mass is 582 g/mol. The van der Waals surface area contributed by atoms with Crippen LogP contribution in [0.2, 0.25) is 5.02 Å². The van der Waals surface area contributed by atoms with Gasteiger partial charge in [0.05, 0.1) is 31.9 Å². The van der Waals surface area contributed by atoms with Gasteiger partial charge in [0, 0.05) is 29.1 Å². The molecule has 0 spiro atoms. The minimum Gasteiger partial charge on any atom is -0.495 e. The summed E-state index contributed by atoms with van der Waals surface area (Å²) in [5, 5.41) is 2.98. The zero-order chi connectivity index (χ0) is 27.7. The van der Waals surface area contributed by atoms with Crippen molar-refractivity contribution in [1.29, 1.82) is 0 Å². The largest absolute Gasteiger partial charge is 0.495 e. The van der Waals surface area contributed by atoms with Gasteiger partial charge in [0.1, 0.15) is 18.1 Å². The SMILES string of the molecule is COc1ccc(S(=O)(=O)N(CC(=O)NCCSCc2ccccc2F)c2cc(Cl)ccc2OC)cc1OC. The number of carbonyl (C=O) groups is 1. The van der Waals surface area contributed by atoms with Crippen LogP contribution in [0.15, 0.2) is 65.6 Å². The molecule has 0 saturated carbocycles. The van der Waals surface area contributed by atoms with E-state index in [1.807, 2.05) is 0 Å². The predicted molar refractivity (Wildman–Crippen MR) is 148 cm³/mol. The summed E-state index contributed by atoms with van der Waals surface area (Å²) in [7, 11) is -0.0599. The number of hydrogen-bond acceptors (Lipinski definition) is 7. The van der Waals surface area contributed by atoms with E-state index in [2.05, 4.69) is 5.32 Å². The average Bonchev–Trinajstić information content (AvgIpc) is 2.91. The van der Waals surface area contributed by atoms with Crippen molar-refractivity contribution in [2.45, 2.75) is 10.6 Å². The lowest BCUT2D eigenvalue weighted by atomic mass is 10.2. The molecule has 3 rings (SSSR count). The molecular weight excluding hydrogens is 555 g/mol. The highest BCUT2D eigenvalue weighted by molar-refractivity contribution is 7.98. The lowest BCUT2D eigenvalue weighted by Gasteiger charge is -2.26. The Morgan fingerprint density at radius 1 is 0.974 bits per heavy atom. The van der Waals surface area contributed by atoms with Gasteiger partial charge >= 0.3 is 0 Å². The number of thioether (sulfide) groups is 1. The molecule has 1 amide bonds. The molecule has 0 radical (unpaired) electrons. The molecule has 0 saturated heterocycles. The number of rotatable bonds is 13. The first-order chi connectivity index (χ1) is 18.2. The Balaban J connectivity index is 1.80.